The van der Waals surface area contributed by atoms with Crippen LogP contribution < -0.4 is 0 Å². The fourth-order valence-electron chi connectivity index (χ4n) is 16.1. The Bertz CT molecular complexity index is 2020. The van der Waals surface area contributed by atoms with Crippen LogP contribution in [0.1, 0.15) is 388 Å². The number of unbranched alkanes of at least 4 members (excludes halogenated alkanes) is 36. The molecule has 92 heavy (non-hydrogen) atoms. The second-order valence-electron chi connectivity index (χ2n) is 29.8. The number of allylic oxidation sites excluding steroid dienone is 5. The molecule has 0 saturated heterocycles. The Kier molecular flexibility index (Phi) is 45.9. The summed E-state index contributed by atoms with van der Waals surface area (Å²) in [6.07, 6.45) is 76.3. The third-order valence-corrected chi connectivity index (χ3v) is 22.0. The minimum Gasteiger partial charge on any atom is -0.462 e. The summed E-state index contributed by atoms with van der Waals surface area (Å²) in [6, 6.07) is 0. The molecule has 3 saturated carbocycles. The molecular formula is C83H144O9. The average molecular weight is 1290 g/mol. The summed E-state index contributed by atoms with van der Waals surface area (Å²) in [5.41, 5.74) is 1.97. The molecule has 4 aliphatic carbocycles. The first kappa shape index (κ1) is 81.2. The molecule has 0 aromatic heterocycles. The number of ether oxygens (including phenoxy) is 5. The van der Waals surface area contributed by atoms with Crippen LogP contribution in [0.25, 0.3) is 0 Å². The van der Waals surface area contributed by atoms with Crippen LogP contribution in [0.4, 0.5) is 0 Å². The number of carbonyl (C=O) groups excluding carboxylic acids is 4. The van der Waals surface area contributed by atoms with Gasteiger partial charge in [-0.15, -0.1) is 0 Å². The molecule has 0 aromatic carbocycles. The lowest BCUT2D eigenvalue weighted by atomic mass is 9.47. The fraction of sp³-hybridized carbons (Fsp3) is 0.855. The van der Waals surface area contributed by atoms with Gasteiger partial charge in [0.25, 0.3) is 0 Å². The van der Waals surface area contributed by atoms with E-state index in [0.29, 0.717) is 43.4 Å². The van der Waals surface area contributed by atoms with Gasteiger partial charge in [0.2, 0.25) is 0 Å². The van der Waals surface area contributed by atoms with Crippen LogP contribution >= 0.6 is 0 Å². The van der Waals surface area contributed by atoms with E-state index in [0.717, 1.165) is 128 Å². The summed E-state index contributed by atoms with van der Waals surface area (Å²) in [7, 11) is 0. The van der Waals surface area contributed by atoms with Crippen molar-refractivity contribution >= 4 is 23.9 Å². The Hall–Kier alpha value is -3.20. The van der Waals surface area contributed by atoms with Crippen molar-refractivity contribution < 1.29 is 42.9 Å². The second kappa shape index (κ2) is 52.0. The van der Waals surface area contributed by atoms with Gasteiger partial charge in [-0.1, -0.05) is 282 Å². The summed E-state index contributed by atoms with van der Waals surface area (Å²) < 4.78 is 30.4. The zero-order valence-electron chi connectivity index (χ0n) is 60.9. The molecule has 0 bridgehead atoms. The standard InChI is InChI=1S/C83H144O9/c1-7-11-15-19-21-23-25-27-29-31-33-35-39-44-50-55-78(84)88-68-73(91-80(86)57-52-46-40-36-34-32-30-28-26-24-22-20-16-12-8-2)69-89-79(85)56-51-45-41-37-38-43-48-54-71(53-47-42-17-13-9-3)90-72-63-65-82(5)70(67-72)59-60-74-75-61-62-77(83(75,6)66-64-76(74)82)92-81(87)58-49-18-14-10-4/h28,30,47-48,53-54,67,71-77H,7-27,29,31-46,49-52,55-66,68-69H2,1-6H3/b30-28+,53-47+,54-48+/t71?,72?,73?,74-,75?,76?,77-,82-,83-/m0/s1. The molecular weight excluding hydrogens is 1140 g/mol. The second-order valence-corrected chi connectivity index (χ2v) is 29.8. The topological polar surface area (TPSA) is 114 Å². The first-order valence-corrected chi connectivity index (χ1v) is 40.0. The van der Waals surface area contributed by atoms with E-state index in [4.69, 9.17) is 23.7 Å². The van der Waals surface area contributed by atoms with Crippen LogP contribution in [0, 0.1) is 28.6 Å². The van der Waals surface area contributed by atoms with Crippen LogP contribution in [-0.2, 0) is 42.9 Å². The predicted octanol–water partition coefficient (Wildman–Crippen LogP) is 24.3. The monoisotopic (exact) mass is 1290 g/mol. The lowest BCUT2D eigenvalue weighted by molar-refractivity contribution is -0.167. The van der Waals surface area contributed by atoms with Crippen molar-refractivity contribution in [1.82, 2.24) is 0 Å². The Morgan fingerprint density at radius 3 is 1.33 bits per heavy atom. The van der Waals surface area contributed by atoms with Crippen LogP contribution in [0.5, 0.6) is 0 Å². The van der Waals surface area contributed by atoms with Gasteiger partial charge in [0.1, 0.15) is 19.3 Å². The summed E-state index contributed by atoms with van der Waals surface area (Å²) in [5, 5.41) is 0. The largest absolute Gasteiger partial charge is 0.462 e. The number of hydrogen-bond acceptors (Lipinski definition) is 9. The molecule has 0 radical (unpaired) electrons. The molecule has 4 aliphatic rings. The first-order chi connectivity index (χ1) is 45.0. The number of hydrogen-bond donors (Lipinski definition) is 0. The van der Waals surface area contributed by atoms with Gasteiger partial charge < -0.3 is 23.7 Å². The fourth-order valence-corrected chi connectivity index (χ4v) is 16.1. The number of rotatable bonds is 58. The molecule has 0 N–H and O–H groups in total. The normalized spacial score (nSPS) is 22.7. The van der Waals surface area contributed by atoms with Crippen molar-refractivity contribution in [2.75, 3.05) is 13.2 Å². The van der Waals surface area contributed by atoms with Gasteiger partial charge in [-0.05, 0) is 152 Å². The van der Waals surface area contributed by atoms with Gasteiger partial charge in [-0.3, -0.25) is 19.2 Å². The van der Waals surface area contributed by atoms with Crippen molar-refractivity contribution in [3.63, 3.8) is 0 Å². The maximum Gasteiger partial charge on any atom is 0.306 e. The highest BCUT2D eigenvalue weighted by atomic mass is 16.6. The summed E-state index contributed by atoms with van der Waals surface area (Å²) in [4.78, 5) is 51.9. The highest BCUT2D eigenvalue weighted by Crippen LogP contribution is 2.66. The maximum atomic E-state index is 13.1. The van der Waals surface area contributed by atoms with E-state index in [2.05, 4.69) is 84.1 Å². The Morgan fingerprint density at radius 1 is 0.435 bits per heavy atom. The van der Waals surface area contributed by atoms with Crippen molar-refractivity contribution in [2.24, 2.45) is 28.6 Å². The van der Waals surface area contributed by atoms with Gasteiger partial charge in [-0.25, -0.2) is 0 Å². The third kappa shape index (κ3) is 34.6. The van der Waals surface area contributed by atoms with E-state index >= 15 is 0 Å². The Morgan fingerprint density at radius 2 is 0.837 bits per heavy atom. The van der Waals surface area contributed by atoms with E-state index in [1.165, 1.54) is 193 Å². The number of fused-ring (bicyclic) bond motifs is 5. The lowest BCUT2D eigenvalue weighted by Crippen LogP contribution is -2.52. The van der Waals surface area contributed by atoms with Gasteiger partial charge in [0, 0.05) is 31.1 Å². The summed E-state index contributed by atoms with van der Waals surface area (Å²) in [5.74, 6) is 1.17. The minimum atomic E-state index is -0.810. The number of esters is 4. The van der Waals surface area contributed by atoms with E-state index in [-0.39, 0.29) is 66.2 Å². The van der Waals surface area contributed by atoms with E-state index in [1.54, 1.807) is 5.57 Å². The zero-order valence-corrected chi connectivity index (χ0v) is 60.9. The zero-order chi connectivity index (χ0) is 66.0. The predicted molar refractivity (Wildman–Crippen MR) is 385 cm³/mol. The van der Waals surface area contributed by atoms with Crippen LogP contribution in [0.3, 0.4) is 0 Å². The number of carbonyl (C=O) groups is 4. The van der Waals surface area contributed by atoms with Crippen LogP contribution in [0.2, 0.25) is 0 Å². The molecule has 9 nitrogen and oxygen atoms in total. The van der Waals surface area contributed by atoms with Gasteiger partial charge in [-0.2, -0.15) is 0 Å². The molecule has 9 heteroatoms. The molecule has 0 aromatic rings. The van der Waals surface area contributed by atoms with E-state index in [9.17, 15) is 19.2 Å². The quantitative estimate of drug-likeness (QED) is 0.0254. The summed E-state index contributed by atoms with van der Waals surface area (Å²) >= 11 is 0. The molecule has 9 atom stereocenters. The molecule has 4 rings (SSSR count). The van der Waals surface area contributed by atoms with Crippen LogP contribution in [-0.4, -0.2) is 61.5 Å². The molecule has 3 fully saturated rings. The van der Waals surface area contributed by atoms with Gasteiger partial charge >= 0.3 is 23.9 Å². The first-order valence-electron chi connectivity index (χ1n) is 40.0. The van der Waals surface area contributed by atoms with Crippen LogP contribution in [0.15, 0.2) is 48.1 Å². The van der Waals surface area contributed by atoms with Gasteiger partial charge in [0.15, 0.2) is 6.10 Å². The van der Waals surface area contributed by atoms with Crippen molar-refractivity contribution in [3.05, 3.63) is 48.1 Å². The molecule has 0 amide bonds. The highest BCUT2D eigenvalue weighted by Gasteiger charge is 2.60. The molecule has 0 heterocycles. The highest BCUT2D eigenvalue weighted by molar-refractivity contribution is 5.71. The van der Waals surface area contributed by atoms with Gasteiger partial charge in [0.05, 0.1) is 12.2 Å². The van der Waals surface area contributed by atoms with Crippen molar-refractivity contribution in [1.29, 1.82) is 0 Å². The molecule has 0 spiro atoms. The minimum absolute atomic E-state index is 0.0312. The van der Waals surface area contributed by atoms with Crippen molar-refractivity contribution in [3.8, 4) is 0 Å². The molecule has 530 valence electrons. The van der Waals surface area contributed by atoms with Crippen molar-refractivity contribution in [2.45, 2.75) is 413 Å². The lowest BCUT2D eigenvalue weighted by Gasteiger charge is -2.58. The smallest absolute Gasteiger partial charge is 0.306 e. The maximum absolute atomic E-state index is 13.1. The third-order valence-electron chi connectivity index (χ3n) is 22.0. The molecule has 0 aliphatic heterocycles. The Balaban J connectivity index is 1.14. The van der Waals surface area contributed by atoms with E-state index < -0.39 is 6.10 Å². The SMILES string of the molecule is CCCCC/C=C/C(/C=C/CCCCCCCC(=O)OCC(COC(=O)CCCCCCCCCCCCCCCCC)OC(=O)CCCCCCC/C=C/CCCCCCCC)OC1C=C2CC[C@@H]3C(CC[C@@]4(C)C3CC[C@@H]4OC(=O)CCCCCC)[C@@]2(C)CC1. The molecule has 5 unspecified atom stereocenters. The Labute approximate surface area is 566 Å². The summed E-state index contributed by atoms with van der Waals surface area (Å²) in [6.45, 7) is 13.9. The van der Waals surface area contributed by atoms with E-state index in [1.807, 2.05) is 0 Å². The average Bonchev–Trinajstić information content (AvgIpc) is 1.31.